The van der Waals surface area contributed by atoms with Gasteiger partial charge < -0.3 is 15.2 Å². The average molecular weight is 435 g/mol. The minimum absolute atomic E-state index is 0.0563. The molecule has 8 nitrogen and oxygen atoms in total. The summed E-state index contributed by atoms with van der Waals surface area (Å²) in [5.74, 6) is 0.159. The Kier molecular flexibility index (Phi) is 7.01. The van der Waals surface area contributed by atoms with E-state index in [4.69, 9.17) is 22.1 Å². The van der Waals surface area contributed by atoms with E-state index in [0.29, 0.717) is 40.4 Å². The Morgan fingerprint density at radius 1 is 1.38 bits per heavy atom. The molecular formula is C19H22N4O4S2. The molecule has 1 amide bonds. The number of hydrogen-bond donors (Lipinski definition) is 2. The molecule has 1 fully saturated rings. The largest absolute Gasteiger partial charge is 0.394 e. The number of aliphatic hydroxyl groups excluding tert-OH is 1. The molecule has 1 aliphatic heterocycles. The zero-order valence-corrected chi connectivity index (χ0v) is 17.8. The lowest BCUT2D eigenvalue weighted by Gasteiger charge is -2.12. The molecule has 2 N–H and O–H groups in total. The predicted molar refractivity (Wildman–Crippen MR) is 118 cm³/mol. The summed E-state index contributed by atoms with van der Waals surface area (Å²) in [6.07, 6.45) is 3.20. The van der Waals surface area contributed by atoms with Crippen molar-refractivity contribution in [2.24, 2.45) is 0 Å². The number of likely N-dealkylation sites (N-methyl/N-ethyl adjacent to an activating group) is 1. The third kappa shape index (κ3) is 4.50. The molecule has 0 aromatic carbocycles. The second kappa shape index (κ2) is 9.49. The standard InChI is InChI=1S/C19H22N4O4S2/c1-3-22-18(26)14(29-19(22)28)11-13-15(20-6-9-27-10-8-24)21-16-12(2)5-4-7-23(16)17(13)25/h4-5,7,11,20,24H,3,6,8-10H2,1-2H3/b14-11+. The van der Waals surface area contributed by atoms with E-state index < -0.39 is 0 Å². The van der Waals surface area contributed by atoms with E-state index in [1.165, 1.54) is 21.1 Å². The maximum atomic E-state index is 13.2. The van der Waals surface area contributed by atoms with Crippen molar-refractivity contribution in [1.29, 1.82) is 0 Å². The first-order valence-electron chi connectivity index (χ1n) is 9.17. The Hall–Kier alpha value is -2.27. The van der Waals surface area contributed by atoms with Gasteiger partial charge in [-0.05, 0) is 31.6 Å². The first kappa shape index (κ1) is 21.4. The highest BCUT2D eigenvalue weighted by atomic mass is 32.2. The number of nitrogens with one attached hydrogen (secondary N) is 1. The van der Waals surface area contributed by atoms with Crippen LogP contribution in [0, 0.1) is 6.92 Å². The molecule has 0 aliphatic carbocycles. The highest BCUT2D eigenvalue weighted by Crippen LogP contribution is 2.32. The molecule has 3 rings (SSSR count). The molecule has 1 saturated heterocycles. The molecule has 29 heavy (non-hydrogen) atoms. The van der Waals surface area contributed by atoms with Crippen LogP contribution < -0.4 is 10.9 Å². The number of aliphatic hydroxyl groups is 1. The van der Waals surface area contributed by atoms with Crippen molar-refractivity contribution in [2.45, 2.75) is 13.8 Å². The van der Waals surface area contributed by atoms with Crippen LogP contribution in [0.25, 0.3) is 11.7 Å². The molecule has 0 atom stereocenters. The molecule has 0 radical (unpaired) electrons. The number of carbonyl (C=O) groups is 1. The lowest BCUT2D eigenvalue weighted by atomic mass is 10.2. The van der Waals surface area contributed by atoms with Gasteiger partial charge >= 0.3 is 0 Å². The van der Waals surface area contributed by atoms with Gasteiger partial charge in [-0.15, -0.1) is 0 Å². The SMILES string of the molecule is CCN1C(=O)/C(=C\c2c(NCCOCCO)nc3c(C)cccn3c2=O)SC1=S. The Morgan fingerprint density at radius 2 is 2.17 bits per heavy atom. The molecular weight excluding hydrogens is 412 g/mol. The van der Waals surface area contributed by atoms with Gasteiger partial charge in [-0.1, -0.05) is 30.0 Å². The van der Waals surface area contributed by atoms with Gasteiger partial charge in [0.05, 0.1) is 30.3 Å². The van der Waals surface area contributed by atoms with Gasteiger partial charge in [0.25, 0.3) is 11.5 Å². The van der Waals surface area contributed by atoms with Gasteiger partial charge in [0, 0.05) is 19.3 Å². The number of ether oxygens (including phenoxy) is 1. The highest BCUT2D eigenvalue weighted by molar-refractivity contribution is 8.26. The van der Waals surface area contributed by atoms with Gasteiger partial charge in [-0.3, -0.25) is 18.9 Å². The number of thiocarbonyl (C=S) groups is 1. The van der Waals surface area contributed by atoms with Crippen molar-refractivity contribution >= 4 is 51.7 Å². The summed E-state index contributed by atoms with van der Waals surface area (Å²) in [6.45, 7) is 5.12. The summed E-state index contributed by atoms with van der Waals surface area (Å²) in [7, 11) is 0. The fourth-order valence-corrected chi connectivity index (χ4v) is 4.25. The molecule has 2 aromatic rings. The van der Waals surface area contributed by atoms with Crippen molar-refractivity contribution in [1.82, 2.24) is 14.3 Å². The maximum absolute atomic E-state index is 13.2. The van der Waals surface area contributed by atoms with Crippen LogP contribution in [-0.2, 0) is 9.53 Å². The van der Waals surface area contributed by atoms with Gasteiger partial charge in [0.15, 0.2) is 0 Å². The monoisotopic (exact) mass is 434 g/mol. The smallest absolute Gasteiger partial charge is 0.267 e. The molecule has 2 aromatic heterocycles. The van der Waals surface area contributed by atoms with Crippen LogP contribution in [0.3, 0.4) is 0 Å². The fourth-order valence-electron chi connectivity index (χ4n) is 2.89. The zero-order valence-electron chi connectivity index (χ0n) is 16.2. The average Bonchev–Trinajstić information content (AvgIpc) is 2.97. The topological polar surface area (TPSA) is 96.2 Å². The Balaban J connectivity index is 2.04. The van der Waals surface area contributed by atoms with Crippen LogP contribution in [-0.4, -0.2) is 62.5 Å². The molecule has 154 valence electrons. The Bertz CT molecular complexity index is 1030. The van der Waals surface area contributed by atoms with Crippen molar-refractivity contribution in [3.05, 3.63) is 44.7 Å². The summed E-state index contributed by atoms with van der Waals surface area (Å²) >= 11 is 6.43. The van der Waals surface area contributed by atoms with Crippen LogP contribution in [0.1, 0.15) is 18.1 Å². The van der Waals surface area contributed by atoms with Crippen LogP contribution in [0.2, 0.25) is 0 Å². The first-order chi connectivity index (χ1) is 14.0. The number of nitrogens with zero attached hydrogens (tertiary/aromatic N) is 3. The quantitative estimate of drug-likeness (QED) is 0.368. The molecule has 1 aliphatic rings. The minimum Gasteiger partial charge on any atom is -0.394 e. The molecule has 0 spiro atoms. The summed E-state index contributed by atoms with van der Waals surface area (Å²) in [6, 6.07) is 3.66. The summed E-state index contributed by atoms with van der Waals surface area (Å²) < 4.78 is 7.20. The van der Waals surface area contributed by atoms with E-state index >= 15 is 0 Å². The van der Waals surface area contributed by atoms with E-state index in [9.17, 15) is 9.59 Å². The molecule has 0 unspecified atom stereocenters. The lowest BCUT2D eigenvalue weighted by molar-refractivity contribution is -0.121. The van der Waals surface area contributed by atoms with Crippen molar-refractivity contribution in [2.75, 3.05) is 38.2 Å². The second-order valence-electron chi connectivity index (χ2n) is 6.25. The fraction of sp³-hybridized carbons (Fsp3) is 0.368. The van der Waals surface area contributed by atoms with E-state index in [1.54, 1.807) is 18.3 Å². The van der Waals surface area contributed by atoms with Crippen LogP contribution >= 0.6 is 24.0 Å². The molecule has 0 saturated carbocycles. The van der Waals surface area contributed by atoms with Gasteiger partial charge in [0.1, 0.15) is 15.8 Å². The molecule has 3 heterocycles. The van der Waals surface area contributed by atoms with Gasteiger partial charge in [0.2, 0.25) is 0 Å². The number of anilines is 1. The number of aryl methyl sites for hydroxylation is 1. The van der Waals surface area contributed by atoms with E-state index in [0.717, 1.165) is 5.56 Å². The van der Waals surface area contributed by atoms with Crippen LogP contribution in [0.4, 0.5) is 5.82 Å². The van der Waals surface area contributed by atoms with E-state index in [2.05, 4.69) is 10.3 Å². The molecule has 10 heteroatoms. The van der Waals surface area contributed by atoms with Gasteiger partial charge in [-0.25, -0.2) is 4.98 Å². The van der Waals surface area contributed by atoms with Crippen molar-refractivity contribution in [3.63, 3.8) is 0 Å². The first-order valence-corrected chi connectivity index (χ1v) is 10.4. The lowest BCUT2D eigenvalue weighted by Crippen LogP contribution is -2.27. The summed E-state index contributed by atoms with van der Waals surface area (Å²) in [5, 5.41) is 11.9. The zero-order chi connectivity index (χ0) is 21.0. The number of aromatic nitrogens is 2. The van der Waals surface area contributed by atoms with Crippen molar-refractivity contribution in [3.8, 4) is 0 Å². The molecule has 0 bridgehead atoms. The van der Waals surface area contributed by atoms with Crippen LogP contribution in [0.15, 0.2) is 28.0 Å². The number of pyridine rings is 1. The predicted octanol–water partition coefficient (Wildman–Crippen LogP) is 1.64. The summed E-state index contributed by atoms with van der Waals surface area (Å²) in [5.41, 5.74) is 1.40. The maximum Gasteiger partial charge on any atom is 0.267 e. The third-order valence-electron chi connectivity index (χ3n) is 4.32. The van der Waals surface area contributed by atoms with Crippen LogP contribution in [0.5, 0.6) is 0 Å². The summed E-state index contributed by atoms with van der Waals surface area (Å²) in [4.78, 5) is 32.3. The van der Waals surface area contributed by atoms with E-state index in [1.807, 2.05) is 19.9 Å². The number of fused-ring (bicyclic) bond motifs is 1. The Labute approximate surface area is 177 Å². The number of rotatable bonds is 8. The van der Waals surface area contributed by atoms with Crippen molar-refractivity contribution < 1.29 is 14.6 Å². The second-order valence-corrected chi connectivity index (χ2v) is 7.93. The number of hydrogen-bond acceptors (Lipinski definition) is 8. The van der Waals surface area contributed by atoms with E-state index in [-0.39, 0.29) is 30.2 Å². The third-order valence-corrected chi connectivity index (χ3v) is 5.70. The number of carbonyl (C=O) groups excluding carboxylic acids is 1. The number of thioether (sulfide) groups is 1. The Morgan fingerprint density at radius 3 is 2.86 bits per heavy atom. The minimum atomic E-state index is -0.278. The normalized spacial score (nSPS) is 15.7. The van der Waals surface area contributed by atoms with Gasteiger partial charge in [-0.2, -0.15) is 0 Å². The highest BCUT2D eigenvalue weighted by Gasteiger charge is 2.31. The number of amides is 1.